The molecule has 2 atom stereocenters. The summed E-state index contributed by atoms with van der Waals surface area (Å²) in [5.74, 6) is 0. The molecule has 5 heteroatoms. The van der Waals surface area contributed by atoms with E-state index in [0.717, 1.165) is 43.3 Å². The second kappa shape index (κ2) is 1.95. The van der Waals surface area contributed by atoms with E-state index in [1.165, 1.54) is 0 Å². The molecule has 4 saturated heterocycles. The standard InChI is InChI=1S/C7H15N3OP/c1-10-3-8-2-9(4-10)6-12(11,5-8)7-10/h2-7H2,1H3/q+1. The SMILES string of the molecule is C[N+]12CN3CN(C1)CP(=O)(C3)C2. The smallest absolute Gasteiger partial charge is 0.167 e. The second-order valence-electron chi connectivity index (χ2n) is 4.87. The molecule has 68 valence electrons. The molecule has 4 heterocycles. The largest absolute Gasteiger partial charge is 0.315 e. The number of quaternary nitrogens is 1. The average Bonchev–Trinajstić information content (AvgIpc) is 1.75. The van der Waals surface area contributed by atoms with Gasteiger partial charge in [-0.2, -0.15) is 0 Å². The third-order valence-electron chi connectivity index (χ3n) is 3.00. The Kier molecular flexibility index (Phi) is 1.22. The fourth-order valence-electron chi connectivity index (χ4n) is 3.14. The third kappa shape index (κ3) is 0.925. The summed E-state index contributed by atoms with van der Waals surface area (Å²) in [6.45, 7) is 3.28. The summed E-state index contributed by atoms with van der Waals surface area (Å²) < 4.78 is 13.2. The van der Waals surface area contributed by atoms with Crippen LogP contribution in [0.5, 0.6) is 0 Å². The maximum absolute atomic E-state index is 12.2. The van der Waals surface area contributed by atoms with Gasteiger partial charge in [-0.05, 0) is 0 Å². The van der Waals surface area contributed by atoms with Crippen LogP contribution in [0.3, 0.4) is 0 Å². The Bertz CT molecular complexity index is 262. The molecule has 0 amide bonds. The number of rotatable bonds is 0. The van der Waals surface area contributed by atoms with Crippen molar-refractivity contribution in [2.24, 2.45) is 0 Å². The van der Waals surface area contributed by atoms with Crippen molar-refractivity contribution in [2.75, 3.05) is 45.9 Å². The van der Waals surface area contributed by atoms with Crippen LogP contribution in [0.15, 0.2) is 0 Å². The molecule has 0 aliphatic carbocycles. The lowest BCUT2D eigenvalue weighted by Crippen LogP contribution is -2.70. The van der Waals surface area contributed by atoms with Crippen molar-refractivity contribution in [2.45, 2.75) is 0 Å². The lowest BCUT2D eigenvalue weighted by molar-refractivity contribution is -0.931. The Morgan fingerprint density at radius 2 is 1.83 bits per heavy atom. The first-order valence-corrected chi connectivity index (χ1v) is 6.69. The van der Waals surface area contributed by atoms with Crippen molar-refractivity contribution in [3.05, 3.63) is 0 Å². The minimum atomic E-state index is -1.81. The van der Waals surface area contributed by atoms with Gasteiger partial charge in [-0.25, -0.2) is 9.80 Å². The van der Waals surface area contributed by atoms with Crippen LogP contribution in [0.25, 0.3) is 0 Å². The zero-order valence-corrected chi connectivity index (χ0v) is 8.33. The molecule has 0 spiro atoms. The fraction of sp³-hybridized carbons (Fsp3) is 1.00. The summed E-state index contributed by atoms with van der Waals surface area (Å²) in [6, 6.07) is 0. The molecule has 4 aliphatic heterocycles. The van der Waals surface area contributed by atoms with Crippen LogP contribution in [0.4, 0.5) is 0 Å². The van der Waals surface area contributed by atoms with Gasteiger partial charge in [0.2, 0.25) is 0 Å². The zero-order valence-electron chi connectivity index (χ0n) is 7.44. The highest BCUT2D eigenvalue weighted by molar-refractivity contribution is 7.63. The van der Waals surface area contributed by atoms with Gasteiger partial charge in [0.05, 0.1) is 26.3 Å². The number of nitrogens with zero attached hydrogens (tertiary/aromatic N) is 3. The van der Waals surface area contributed by atoms with Gasteiger partial charge in [0.1, 0.15) is 19.6 Å². The molecule has 2 unspecified atom stereocenters. The van der Waals surface area contributed by atoms with E-state index in [4.69, 9.17) is 0 Å². The third-order valence-corrected chi connectivity index (χ3v) is 6.03. The Balaban J connectivity index is 2.04. The molecule has 4 aliphatic rings. The van der Waals surface area contributed by atoms with Crippen molar-refractivity contribution in [3.8, 4) is 0 Å². The molecular weight excluding hydrogens is 173 g/mol. The molecule has 0 N–H and O–H groups in total. The molecule has 0 aromatic heterocycles. The van der Waals surface area contributed by atoms with Gasteiger partial charge in [-0.3, -0.25) is 4.48 Å². The van der Waals surface area contributed by atoms with Crippen LogP contribution >= 0.6 is 7.14 Å². The Hall–Kier alpha value is 0.110. The highest BCUT2D eigenvalue weighted by atomic mass is 31.2. The molecule has 4 bridgehead atoms. The number of hydrogen-bond acceptors (Lipinski definition) is 3. The van der Waals surface area contributed by atoms with Crippen LogP contribution in [0, 0.1) is 0 Å². The number of hydrogen-bond donors (Lipinski definition) is 0. The van der Waals surface area contributed by atoms with Crippen molar-refractivity contribution in [3.63, 3.8) is 0 Å². The predicted molar refractivity (Wildman–Crippen MR) is 46.7 cm³/mol. The lowest BCUT2D eigenvalue weighted by atomic mass is 10.5. The molecule has 4 fully saturated rings. The first kappa shape index (κ1) is 7.51. The van der Waals surface area contributed by atoms with E-state index in [1.807, 2.05) is 0 Å². The molecule has 0 aromatic rings. The fourth-order valence-corrected chi connectivity index (χ4v) is 6.64. The quantitative estimate of drug-likeness (QED) is 0.400. The van der Waals surface area contributed by atoms with E-state index >= 15 is 0 Å². The minimum Gasteiger partial charge on any atom is -0.315 e. The van der Waals surface area contributed by atoms with Gasteiger partial charge in [-0.15, -0.1) is 0 Å². The summed E-state index contributed by atoms with van der Waals surface area (Å²) in [5, 5.41) is 0. The summed E-state index contributed by atoms with van der Waals surface area (Å²) in [5.41, 5.74) is 0. The van der Waals surface area contributed by atoms with E-state index in [2.05, 4.69) is 16.8 Å². The highest BCUT2D eigenvalue weighted by Gasteiger charge is 2.53. The molecule has 12 heavy (non-hydrogen) atoms. The van der Waals surface area contributed by atoms with E-state index in [-0.39, 0.29) is 0 Å². The van der Waals surface area contributed by atoms with E-state index < -0.39 is 7.14 Å². The first-order chi connectivity index (χ1) is 5.57. The summed E-state index contributed by atoms with van der Waals surface area (Å²) in [4.78, 5) is 4.69. The maximum Gasteiger partial charge on any atom is 0.167 e. The van der Waals surface area contributed by atoms with Crippen LogP contribution < -0.4 is 0 Å². The Morgan fingerprint density at radius 3 is 2.25 bits per heavy atom. The van der Waals surface area contributed by atoms with Crippen molar-refractivity contribution >= 4 is 7.14 Å². The monoisotopic (exact) mass is 188 g/mol. The molecule has 0 aromatic carbocycles. The van der Waals surface area contributed by atoms with Gasteiger partial charge >= 0.3 is 0 Å². The lowest BCUT2D eigenvalue weighted by Gasteiger charge is -2.57. The van der Waals surface area contributed by atoms with Gasteiger partial charge in [0.25, 0.3) is 0 Å². The average molecular weight is 188 g/mol. The summed E-state index contributed by atoms with van der Waals surface area (Å²) in [7, 11) is 0.415. The first-order valence-electron chi connectivity index (χ1n) is 4.42. The second-order valence-corrected chi connectivity index (χ2v) is 7.83. The summed E-state index contributed by atoms with van der Waals surface area (Å²) >= 11 is 0. The Morgan fingerprint density at radius 1 is 1.25 bits per heavy atom. The predicted octanol–water partition coefficient (Wildman–Crippen LogP) is 0.186. The summed E-state index contributed by atoms with van der Waals surface area (Å²) in [6.07, 6.45) is 2.72. The van der Waals surface area contributed by atoms with Crippen LogP contribution in [-0.2, 0) is 4.57 Å². The van der Waals surface area contributed by atoms with Gasteiger partial charge in [-0.1, -0.05) is 0 Å². The van der Waals surface area contributed by atoms with Crippen molar-refractivity contribution in [1.82, 2.24) is 9.80 Å². The molecular formula is C7H15N3OP+. The van der Waals surface area contributed by atoms with Crippen LogP contribution in [-0.4, -0.2) is 60.2 Å². The molecule has 0 radical (unpaired) electrons. The zero-order chi connectivity index (χ0) is 8.40. The molecule has 4 rings (SSSR count). The topological polar surface area (TPSA) is 23.6 Å². The highest BCUT2D eigenvalue weighted by Crippen LogP contribution is 2.56. The molecule has 0 saturated carbocycles. The van der Waals surface area contributed by atoms with Crippen LogP contribution in [0.2, 0.25) is 0 Å². The van der Waals surface area contributed by atoms with E-state index in [9.17, 15) is 4.57 Å². The van der Waals surface area contributed by atoms with Gasteiger partial charge < -0.3 is 4.57 Å². The van der Waals surface area contributed by atoms with Gasteiger partial charge in [0.15, 0.2) is 7.14 Å². The molecule has 4 nitrogen and oxygen atoms in total. The van der Waals surface area contributed by atoms with E-state index in [1.54, 1.807) is 0 Å². The van der Waals surface area contributed by atoms with Crippen molar-refractivity contribution < 1.29 is 9.05 Å². The van der Waals surface area contributed by atoms with Crippen LogP contribution in [0.1, 0.15) is 0 Å². The maximum atomic E-state index is 12.2. The van der Waals surface area contributed by atoms with Crippen molar-refractivity contribution in [1.29, 1.82) is 0 Å². The Labute approximate surface area is 72.7 Å². The minimum absolute atomic E-state index is 0.886. The van der Waals surface area contributed by atoms with E-state index in [0.29, 0.717) is 0 Å². The normalized spacial score (nSPS) is 62.4. The van der Waals surface area contributed by atoms with Gasteiger partial charge in [0, 0.05) is 0 Å².